The van der Waals surface area contributed by atoms with E-state index in [1.807, 2.05) is 0 Å². The fourth-order valence-electron chi connectivity index (χ4n) is 1.82. The zero-order chi connectivity index (χ0) is 15.7. The van der Waals surface area contributed by atoms with Crippen LogP contribution < -0.4 is 5.32 Å². The van der Waals surface area contributed by atoms with Crippen LogP contribution in [0.4, 0.5) is 5.69 Å². The molecule has 1 aromatic rings. The molecule has 21 heavy (non-hydrogen) atoms. The number of amides is 2. The molecule has 0 fully saturated rings. The standard InChI is InChI=1S/C15H21ClN2O3/c1-12(19)18(9-3-11-21-2)10-8-15(20)17-14-6-4-13(16)5-7-14/h4-7H,3,8-11H2,1-2H3,(H,17,20). The van der Waals surface area contributed by atoms with Gasteiger partial charge in [0.1, 0.15) is 0 Å². The Morgan fingerprint density at radius 1 is 1.24 bits per heavy atom. The maximum Gasteiger partial charge on any atom is 0.226 e. The van der Waals surface area contributed by atoms with Gasteiger partial charge in [-0.15, -0.1) is 0 Å². The number of methoxy groups -OCH3 is 1. The second-order valence-electron chi connectivity index (χ2n) is 4.66. The molecule has 0 radical (unpaired) electrons. The van der Waals surface area contributed by atoms with Crippen molar-refractivity contribution in [3.8, 4) is 0 Å². The zero-order valence-electron chi connectivity index (χ0n) is 12.4. The van der Waals surface area contributed by atoms with Crippen LogP contribution in [0.15, 0.2) is 24.3 Å². The van der Waals surface area contributed by atoms with Gasteiger partial charge in [-0.1, -0.05) is 11.6 Å². The fourth-order valence-corrected chi connectivity index (χ4v) is 1.95. The lowest BCUT2D eigenvalue weighted by molar-refractivity contribution is -0.129. The van der Waals surface area contributed by atoms with Gasteiger partial charge in [0.25, 0.3) is 0 Å². The molecule has 0 saturated heterocycles. The predicted octanol–water partition coefficient (Wildman–Crippen LogP) is 2.55. The average Bonchev–Trinajstić information content (AvgIpc) is 2.44. The molecule has 0 bridgehead atoms. The first-order chi connectivity index (χ1) is 10.0. The third kappa shape index (κ3) is 7.11. The summed E-state index contributed by atoms with van der Waals surface area (Å²) in [5, 5.41) is 3.39. The second kappa shape index (κ2) is 9.37. The maximum absolute atomic E-state index is 11.8. The van der Waals surface area contributed by atoms with Gasteiger partial charge in [-0.25, -0.2) is 0 Å². The highest BCUT2D eigenvalue weighted by atomic mass is 35.5. The zero-order valence-corrected chi connectivity index (χ0v) is 13.2. The third-order valence-electron chi connectivity index (χ3n) is 2.96. The number of halogens is 1. The highest BCUT2D eigenvalue weighted by Gasteiger charge is 2.11. The number of hydrogen-bond acceptors (Lipinski definition) is 3. The summed E-state index contributed by atoms with van der Waals surface area (Å²) in [5.74, 6) is -0.166. The highest BCUT2D eigenvalue weighted by Crippen LogP contribution is 2.13. The largest absolute Gasteiger partial charge is 0.385 e. The van der Waals surface area contributed by atoms with Crippen LogP contribution in [0.5, 0.6) is 0 Å². The van der Waals surface area contributed by atoms with E-state index in [1.165, 1.54) is 6.92 Å². The number of carbonyl (C=O) groups is 2. The highest BCUT2D eigenvalue weighted by molar-refractivity contribution is 6.30. The normalized spacial score (nSPS) is 10.2. The number of rotatable bonds is 8. The first-order valence-corrected chi connectivity index (χ1v) is 7.20. The van der Waals surface area contributed by atoms with Crippen LogP contribution in [0.1, 0.15) is 19.8 Å². The fraction of sp³-hybridized carbons (Fsp3) is 0.467. The van der Waals surface area contributed by atoms with Crippen molar-refractivity contribution in [1.29, 1.82) is 0 Å². The van der Waals surface area contributed by atoms with E-state index in [9.17, 15) is 9.59 Å². The molecule has 0 aliphatic rings. The van der Waals surface area contributed by atoms with Crippen molar-refractivity contribution in [3.05, 3.63) is 29.3 Å². The molecule has 0 aliphatic carbocycles. The lowest BCUT2D eigenvalue weighted by Gasteiger charge is -2.20. The molecule has 0 spiro atoms. The summed E-state index contributed by atoms with van der Waals surface area (Å²) in [6, 6.07) is 6.90. The summed E-state index contributed by atoms with van der Waals surface area (Å²) in [5.41, 5.74) is 0.693. The molecule has 2 amide bonds. The second-order valence-corrected chi connectivity index (χ2v) is 5.09. The number of ether oxygens (including phenoxy) is 1. The van der Waals surface area contributed by atoms with E-state index in [-0.39, 0.29) is 18.2 Å². The van der Waals surface area contributed by atoms with E-state index in [0.29, 0.717) is 30.4 Å². The van der Waals surface area contributed by atoms with Gasteiger partial charge < -0.3 is 15.0 Å². The minimum absolute atomic E-state index is 0.0367. The summed E-state index contributed by atoms with van der Waals surface area (Å²) in [6.07, 6.45) is 1.02. The lowest BCUT2D eigenvalue weighted by Crippen LogP contribution is -2.33. The van der Waals surface area contributed by atoms with Crippen molar-refractivity contribution in [3.63, 3.8) is 0 Å². The molecule has 1 rings (SSSR count). The molecular weight excluding hydrogens is 292 g/mol. The van der Waals surface area contributed by atoms with E-state index in [1.54, 1.807) is 36.3 Å². The van der Waals surface area contributed by atoms with Crippen LogP contribution in [0, 0.1) is 0 Å². The summed E-state index contributed by atoms with van der Waals surface area (Å²) in [6.45, 7) is 3.10. The van der Waals surface area contributed by atoms with Crippen LogP contribution in [-0.2, 0) is 14.3 Å². The van der Waals surface area contributed by atoms with E-state index in [2.05, 4.69) is 5.32 Å². The SMILES string of the molecule is COCCCN(CCC(=O)Nc1ccc(Cl)cc1)C(C)=O. The molecule has 6 heteroatoms. The Labute approximate surface area is 130 Å². The van der Waals surface area contributed by atoms with Crippen molar-refractivity contribution >= 4 is 29.1 Å². The molecule has 116 valence electrons. The van der Waals surface area contributed by atoms with Crippen molar-refractivity contribution in [2.75, 3.05) is 32.1 Å². The van der Waals surface area contributed by atoms with Crippen LogP contribution in [-0.4, -0.2) is 43.5 Å². The van der Waals surface area contributed by atoms with Crippen molar-refractivity contribution in [1.82, 2.24) is 4.90 Å². The first kappa shape index (κ1) is 17.5. The van der Waals surface area contributed by atoms with Crippen LogP contribution >= 0.6 is 11.6 Å². The third-order valence-corrected chi connectivity index (χ3v) is 3.21. The molecule has 0 heterocycles. The Bertz CT molecular complexity index is 462. The average molecular weight is 313 g/mol. The van der Waals surface area contributed by atoms with Crippen LogP contribution in [0.3, 0.4) is 0 Å². The smallest absolute Gasteiger partial charge is 0.226 e. The van der Waals surface area contributed by atoms with Crippen LogP contribution in [0.25, 0.3) is 0 Å². The molecule has 0 atom stereocenters. The minimum Gasteiger partial charge on any atom is -0.385 e. The number of anilines is 1. The number of nitrogens with zero attached hydrogens (tertiary/aromatic N) is 1. The van der Waals surface area contributed by atoms with Gasteiger partial charge in [0.15, 0.2) is 0 Å². The topological polar surface area (TPSA) is 58.6 Å². The van der Waals surface area contributed by atoms with E-state index in [0.717, 1.165) is 6.42 Å². The van der Waals surface area contributed by atoms with Gasteiger partial charge in [-0.3, -0.25) is 9.59 Å². The van der Waals surface area contributed by atoms with E-state index >= 15 is 0 Å². The van der Waals surface area contributed by atoms with Gasteiger partial charge in [0.05, 0.1) is 0 Å². The molecule has 0 unspecified atom stereocenters. The molecular formula is C15H21ClN2O3. The van der Waals surface area contributed by atoms with E-state index in [4.69, 9.17) is 16.3 Å². The van der Waals surface area contributed by atoms with Gasteiger partial charge in [0.2, 0.25) is 11.8 Å². The van der Waals surface area contributed by atoms with Gasteiger partial charge in [-0.05, 0) is 30.7 Å². The number of hydrogen-bond donors (Lipinski definition) is 1. The Hall–Kier alpha value is -1.59. The molecule has 5 nitrogen and oxygen atoms in total. The Morgan fingerprint density at radius 3 is 2.48 bits per heavy atom. The number of benzene rings is 1. The quantitative estimate of drug-likeness (QED) is 0.751. The summed E-state index contributed by atoms with van der Waals surface area (Å²) in [7, 11) is 1.62. The summed E-state index contributed by atoms with van der Waals surface area (Å²) in [4.78, 5) is 25.0. The van der Waals surface area contributed by atoms with Crippen LogP contribution in [0.2, 0.25) is 5.02 Å². The monoisotopic (exact) mass is 312 g/mol. The first-order valence-electron chi connectivity index (χ1n) is 6.83. The number of nitrogens with one attached hydrogen (secondary N) is 1. The summed E-state index contributed by atoms with van der Waals surface area (Å²) < 4.78 is 4.96. The maximum atomic E-state index is 11.8. The Kier molecular flexibility index (Phi) is 7.79. The Morgan fingerprint density at radius 2 is 1.90 bits per heavy atom. The van der Waals surface area contributed by atoms with Gasteiger partial charge in [0, 0.05) is 50.9 Å². The van der Waals surface area contributed by atoms with Crippen molar-refractivity contribution in [2.45, 2.75) is 19.8 Å². The Balaban J connectivity index is 2.38. The molecule has 1 aromatic carbocycles. The van der Waals surface area contributed by atoms with E-state index < -0.39 is 0 Å². The predicted molar refractivity (Wildman–Crippen MR) is 83.4 cm³/mol. The molecule has 0 aromatic heterocycles. The lowest BCUT2D eigenvalue weighted by atomic mass is 10.3. The van der Waals surface area contributed by atoms with Crippen molar-refractivity contribution < 1.29 is 14.3 Å². The van der Waals surface area contributed by atoms with Gasteiger partial charge in [-0.2, -0.15) is 0 Å². The molecule has 1 N–H and O–H groups in total. The summed E-state index contributed by atoms with van der Waals surface area (Å²) >= 11 is 5.78. The van der Waals surface area contributed by atoms with Gasteiger partial charge >= 0.3 is 0 Å². The number of carbonyl (C=O) groups excluding carboxylic acids is 2. The van der Waals surface area contributed by atoms with Crippen molar-refractivity contribution in [2.24, 2.45) is 0 Å². The molecule has 0 saturated carbocycles. The minimum atomic E-state index is -0.129. The molecule has 0 aliphatic heterocycles.